The van der Waals surface area contributed by atoms with Crippen LogP contribution in [0.1, 0.15) is 18.9 Å². The fraction of sp³-hybridized carbons (Fsp3) is 0.417. The van der Waals surface area contributed by atoms with Crippen LogP contribution >= 0.6 is 27.7 Å². The van der Waals surface area contributed by atoms with E-state index in [1.54, 1.807) is 11.8 Å². The Balaban J connectivity index is 2.16. The predicted octanol–water partition coefficient (Wildman–Crippen LogP) is 4.76. The van der Waals surface area contributed by atoms with Crippen LogP contribution in [0.25, 0.3) is 0 Å². The second-order valence-corrected chi connectivity index (χ2v) is 6.25. The maximum absolute atomic E-state index is 12.7. The van der Waals surface area contributed by atoms with Crippen molar-refractivity contribution in [2.24, 2.45) is 4.99 Å². The van der Waals surface area contributed by atoms with Crippen LogP contribution in [-0.4, -0.2) is 17.0 Å². The van der Waals surface area contributed by atoms with E-state index in [2.05, 4.69) is 33.2 Å². The smallest absolute Gasteiger partial charge is 0.334 e. The SMILES string of the molecule is CCC1CN=C(Nc2cc(C(F)(F)F)ccc2Br)S1. The number of alkyl halides is 3. The van der Waals surface area contributed by atoms with Gasteiger partial charge in [-0.3, -0.25) is 4.99 Å². The maximum Gasteiger partial charge on any atom is 0.416 e. The molecule has 1 aliphatic heterocycles. The second kappa shape index (κ2) is 5.75. The van der Waals surface area contributed by atoms with Gasteiger partial charge in [-0.25, -0.2) is 0 Å². The van der Waals surface area contributed by atoms with Crippen molar-refractivity contribution in [2.45, 2.75) is 24.8 Å². The number of thioether (sulfide) groups is 1. The molecule has 0 radical (unpaired) electrons. The van der Waals surface area contributed by atoms with Gasteiger partial charge in [-0.2, -0.15) is 13.2 Å². The van der Waals surface area contributed by atoms with Gasteiger partial charge in [0.1, 0.15) is 0 Å². The molecule has 2 rings (SSSR count). The number of benzene rings is 1. The molecule has 0 fully saturated rings. The summed E-state index contributed by atoms with van der Waals surface area (Å²) in [6.45, 7) is 2.77. The summed E-state index contributed by atoms with van der Waals surface area (Å²) < 4.78 is 38.5. The second-order valence-electron chi connectivity index (χ2n) is 4.11. The molecule has 0 saturated carbocycles. The summed E-state index contributed by atoms with van der Waals surface area (Å²) in [5.74, 6) is 0. The van der Waals surface area contributed by atoms with Crippen molar-refractivity contribution in [3.63, 3.8) is 0 Å². The zero-order valence-corrected chi connectivity index (χ0v) is 12.5. The topological polar surface area (TPSA) is 24.4 Å². The Hall–Kier alpha value is -0.690. The average Bonchev–Trinajstić information content (AvgIpc) is 2.78. The summed E-state index contributed by atoms with van der Waals surface area (Å²) in [6, 6.07) is 3.53. The minimum absolute atomic E-state index is 0.387. The van der Waals surface area contributed by atoms with Crippen LogP contribution in [0, 0.1) is 0 Å². The van der Waals surface area contributed by atoms with Gasteiger partial charge in [-0.05, 0) is 40.5 Å². The molecular formula is C12H12BrF3N2S. The number of nitrogens with zero attached hydrogens (tertiary/aromatic N) is 1. The van der Waals surface area contributed by atoms with Gasteiger partial charge in [-0.1, -0.05) is 18.7 Å². The summed E-state index contributed by atoms with van der Waals surface area (Å²) in [4.78, 5) is 4.28. The summed E-state index contributed by atoms with van der Waals surface area (Å²) in [7, 11) is 0. The lowest BCUT2D eigenvalue weighted by molar-refractivity contribution is -0.137. The molecule has 1 heterocycles. The molecule has 104 valence electrons. The highest BCUT2D eigenvalue weighted by Crippen LogP contribution is 2.35. The van der Waals surface area contributed by atoms with E-state index in [1.165, 1.54) is 6.07 Å². The minimum Gasteiger partial charge on any atom is -0.334 e. The summed E-state index contributed by atoms with van der Waals surface area (Å²) in [5.41, 5.74) is -0.285. The van der Waals surface area contributed by atoms with E-state index >= 15 is 0 Å². The van der Waals surface area contributed by atoms with Crippen molar-refractivity contribution in [3.8, 4) is 0 Å². The molecule has 0 spiro atoms. The van der Waals surface area contributed by atoms with Crippen molar-refractivity contribution >= 4 is 38.5 Å². The molecule has 0 saturated heterocycles. The average molecular weight is 353 g/mol. The largest absolute Gasteiger partial charge is 0.416 e. The van der Waals surface area contributed by atoms with E-state index in [9.17, 15) is 13.2 Å². The van der Waals surface area contributed by atoms with Crippen molar-refractivity contribution in [1.82, 2.24) is 0 Å². The lowest BCUT2D eigenvalue weighted by Crippen LogP contribution is -2.10. The lowest BCUT2D eigenvalue weighted by atomic mass is 10.2. The minimum atomic E-state index is -4.34. The van der Waals surface area contributed by atoms with Crippen LogP contribution in [0.4, 0.5) is 18.9 Å². The Morgan fingerprint density at radius 1 is 1.47 bits per heavy atom. The quantitative estimate of drug-likeness (QED) is 0.829. The number of amidine groups is 1. The Bertz CT molecular complexity index is 502. The fourth-order valence-electron chi connectivity index (χ4n) is 1.61. The third-order valence-corrected chi connectivity index (χ3v) is 4.67. The first kappa shape index (κ1) is 14.7. The first-order valence-electron chi connectivity index (χ1n) is 5.75. The van der Waals surface area contributed by atoms with Gasteiger partial charge >= 0.3 is 6.18 Å². The molecule has 19 heavy (non-hydrogen) atoms. The molecule has 0 aromatic heterocycles. The van der Waals surface area contributed by atoms with Gasteiger partial charge in [0.25, 0.3) is 0 Å². The van der Waals surface area contributed by atoms with E-state index in [-0.39, 0.29) is 0 Å². The Morgan fingerprint density at radius 2 is 2.21 bits per heavy atom. The summed E-state index contributed by atoms with van der Waals surface area (Å²) in [6.07, 6.45) is -3.35. The number of hydrogen-bond donors (Lipinski definition) is 1. The van der Waals surface area contributed by atoms with Crippen LogP contribution in [-0.2, 0) is 6.18 Å². The molecule has 0 bridgehead atoms. The standard InChI is InChI=1S/C12H12BrF3N2S/c1-2-8-6-17-11(19-8)18-10-5-7(12(14,15)16)3-4-9(10)13/h3-5,8H,2,6H2,1H3,(H,17,18). The van der Waals surface area contributed by atoms with Crippen molar-refractivity contribution < 1.29 is 13.2 Å². The van der Waals surface area contributed by atoms with Gasteiger partial charge in [-0.15, -0.1) is 0 Å². The zero-order valence-electron chi connectivity index (χ0n) is 10.1. The molecule has 1 unspecified atom stereocenters. The Morgan fingerprint density at radius 3 is 2.79 bits per heavy atom. The van der Waals surface area contributed by atoms with Gasteiger partial charge < -0.3 is 5.32 Å². The van der Waals surface area contributed by atoms with E-state index in [1.807, 2.05) is 0 Å². The number of aliphatic imine (C=N–C) groups is 1. The fourth-order valence-corrected chi connectivity index (χ4v) is 2.91. The normalized spacial score (nSPS) is 19.4. The van der Waals surface area contributed by atoms with Gasteiger partial charge in [0, 0.05) is 9.72 Å². The van der Waals surface area contributed by atoms with Crippen molar-refractivity contribution in [1.29, 1.82) is 0 Å². The van der Waals surface area contributed by atoms with Gasteiger partial charge in [0.2, 0.25) is 0 Å². The summed E-state index contributed by atoms with van der Waals surface area (Å²) >= 11 is 4.81. The van der Waals surface area contributed by atoms with E-state index in [4.69, 9.17) is 0 Å². The van der Waals surface area contributed by atoms with Crippen LogP contribution < -0.4 is 5.32 Å². The highest BCUT2D eigenvalue weighted by Gasteiger charge is 2.31. The van der Waals surface area contributed by atoms with E-state index in [0.717, 1.165) is 18.6 Å². The molecule has 2 nitrogen and oxygen atoms in total. The van der Waals surface area contributed by atoms with Crippen LogP contribution in [0.3, 0.4) is 0 Å². The highest BCUT2D eigenvalue weighted by molar-refractivity contribution is 9.10. The van der Waals surface area contributed by atoms with Crippen molar-refractivity contribution in [3.05, 3.63) is 28.2 Å². The Labute approximate surface area is 122 Å². The first-order valence-corrected chi connectivity index (χ1v) is 7.42. The van der Waals surface area contributed by atoms with Crippen LogP contribution in [0.2, 0.25) is 0 Å². The molecule has 7 heteroatoms. The highest BCUT2D eigenvalue weighted by atomic mass is 79.9. The molecule has 0 aliphatic carbocycles. The molecule has 1 N–H and O–H groups in total. The predicted molar refractivity (Wildman–Crippen MR) is 76.7 cm³/mol. The molecule has 0 amide bonds. The number of nitrogens with one attached hydrogen (secondary N) is 1. The first-order chi connectivity index (χ1) is 8.90. The number of halogens is 4. The number of hydrogen-bond acceptors (Lipinski definition) is 3. The van der Waals surface area contributed by atoms with Gasteiger partial charge in [0.15, 0.2) is 5.17 Å². The molecule has 1 atom stereocenters. The maximum atomic E-state index is 12.7. The third kappa shape index (κ3) is 3.66. The van der Waals surface area contributed by atoms with E-state index < -0.39 is 11.7 Å². The van der Waals surface area contributed by atoms with Gasteiger partial charge in [0.05, 0.1) is 17.8 Å². The molecule has 1 aromatic rings. The molecule has 1 aromatic carbocycles. The number of rotatable bonds is 2. The van der Waals surface area contributed by atoms with E-state index in [0.29, 0.717) is 27.1 Å². The lowest BCUT2D eigenvalue weighted by Gasteiger charge is -2.12. The van der Waals surface area contributed by atoms with Crippen LogP contribution in [0.15, 0.2) is 27.7 Å². The monoisotopic (exact) mass is 352 g/mol. The molecule has 1 aliphatic rings. The summed E-state index contributed by atoms with van der Waals surface area (Å²) in [5, 5.41) is 4.03. The van der Waals surface area contributed by atoms with Crippen LogP contribution in [0.5, 0.6) is 0 Å². The third-order valence-electron chi connectivity index (χ3n) is 2.71. The Kier molecular flexibility index (Phi) is 4.45. The number of anilines is 1. The zero-order chi connectivity index (χ0) is 14.0. The molecular weight excluding hydrogens is 341 g/mol. The van der Waals surface area contributed by atoms with Crippen molar-refractivity contribution in [2.75, 3.05) is 11.9 Å².